The number of esters is 1. The smallest absolute Gasteiger partial charge is 0.309 e. The number of ether oxygens (including phenoxy) is 1. The predicted molar refractivity (Wildman–Crippen MR) is 56.8 cm³/mol. The van der Waals surface area contributed by atoms with Crippen molar-refractivity contribution in [3.05, 3.63) is 0 Å². The monoisotopic (exact) mass is 226 g/mol. The first-order valence-electron chi connectivity index (χ1n) is 5.97. The molecule has 2 aliphatic carbocycles. The van der Waals surface area contributed by atoms with Crippen LogP contribution in [0.1, 0.15) is 39.0 Å². The molecule has 2 rings (SSSR count). The summed E-state index contributed by atoms with van der Waals surface area (Å²) in [7, 11) is 0. The zero-order valence-corrected chi connectivity index (χ0v) is 9.57. The highest BCUT2D eigenvalue weighted by Crippen LogP contribution is 2.58. The zero-order chi connectivity index (χ0) is 11.8. The van der Waals surface area contributed by atoms with Gasteiger partial charge >= 0.3 is 11.9 Å². The Morgan fingerprint density at radius 3 is 2.50 bits per heavy atom. The van der Waals surface area contributed by atoms with Crippen molar-refractivity contribution in [3.63, 3.8) is 0 Å². The molecule has 2 unspecified atom stereocenters. The second kappa shape index (κ2) is 4.07. The average molecular weight is 226 g/mol. The molecule has 0 aromatic carbocycles. The predicted octanol–water partition coefficient (Wildman–Crippen LogP) is 1.83. The van der Waals surface area contributed by atoms with Crippen molar-refractivity contribution in [2.45, 2.75) is 39.0 Å². The van der Waals surface area contributed by atoms with Crippen molar-refractivity contribution in [3.8, 4) is 0 Å². The molecule has 2 aliphatic rings. The Labute approximate surface area is 95.0 Å². The number of carboxylic acids is 1. The second-order valence-corrected chi connectivity index (χ2v) is 5.05. The van der Waals surface area contributed by atoms with Crippen molar-refractivity contribution in [2.75, 3.05) is 6.61 Å². The van der Waals surface area contributed by atoms with E-state index in [1.54, 1.807) is 6.92 Å². The van der Waals surface area contributed by atoms with Gasteiger partial charge in [0.25, 0.3) is 0 Å². The van der Waals surface area contributed by atoms with Gasteiger partial charge in [-0.1, -0.05) is 0 Å². The van der Waals surface area contributed by atoms with Gasteiger partial charge in [0.1, 0.15) is 0 Å². The van der Waals surface area contributed by atoms with Crippen molar-refractivity contribution in [1.82, 2.24) is 0 Å². The van der Waals surface area contributed by atoms with Gasteiger partial charge in [0.05, 0.1) is 18.4 Å². The Bertz CT molecular complexity index is 306. The Kier molecular flexibility index (Phi) is 2.91. The first-order valence-corrected chi connectivity index (χ1v) is 5.97. The molecule has 0 bridgehead atoms. The lowest BCUT2D eigenvalue weighted by molar-refractivity contribution is -0.160. The minimum Gasteiger partial charge on any atom is -0.481 e. The van der Waals surface area contributed by atoms with Crippen LogP contribution in [0.15, 0.2) is 0 Å². The van der Waals surface area contributed by atoms with Gasteiger partial charge in [-0.05, 0) is 44.4 Å². The quantitative estimate of drug-likeness (QED) is 0.746. The van der Waals surface area contributed by atoms with Crippen LogP contribution in [0.3, 0.4) is 0 Å². The number of hydrogen-bond donors (Lipinski definition) is 1. The number of carbonyl (C=O) groups is 2. The molecule has 0 aromatic heterocycles. The maximum atomic E-state index is 11.7. The highest BCUT2D eigenvalue weighted by molar-refractivity contribution is 5.81. The van der Waals surface area contributed by atoms with Crippen LogP contribution in [-0.2, 0) is 14.3 Å². The molecule has 0 radical (unpaired) electrons. The highest BCUT2D eigenvalue weighted by atomic mass is 16.5. The van der Waals surface area contributed by atoms with E-state index in [2.05, 4.69) is 0 Å². The summed E-state index contributed by atoms with van der Waals surface area (Å²) in [4.78, 5) is 22.8. The van der Waals surface area contributed by atoms with Gasteiger partial charge in [-0.25, -0.2) is 0 Å². The van der Waals surface area contributed by atoms with Crippen LogP contribution in [0.2, 0.25) is 0 Å². The van der Waals surface area contributed by atoms with Gasteiger partial charge in [-0.2, -0.15) is 0 Å². The molecule has 0 saturated heterocycles. The fraction of sp³-hybridized carbons (Fsp3) is 0.833. The third kappa shape index (κ3) is 2.06. The maximum Gasteiger partial charge on any atom is 0.309 e. The fourth-order valence-electron chi connectivity index (χ4n) is 2.80. The van der Waals surface area contributed by atoms with Crippen LogP contribution in [0.25, 0.3) is 0 Å². The summed E-state index contributed by atoms with van der Waals surface area (Å²) in [5.74, 6) is -2.13. The topological polar surface area (TPSA) is 63.6 Å². The van der Waals surface area contributed by atoms with Gasteiger partial charge in [-0.15, -0.1) is 0 Å². The third-order valence-electron chi connectivity index (χ3n) is 3.99. The van der Waals surface area contributed by atoms with E-state index in [1.165, 1.54) is 0 Å². The molecule has 90 valence electrons. The zero-order valence-electron chi connectivity index (χ0n) is 9.57. The van der Waals surface area contributed by atoms with E-state index in [0.717, 1.165) is 19.3 Å². The first kappa shape index (κ1) is 11.4. The van der Waals surface area contributed by atoms with Gasteiger partial charge in [0, 0.05) is 0 Å². The normalized spacial score (nSPS) is 31.1. The molecule has 4 heteroatoms. The van der Waals surface area contributed by atoms with Crippen LogP contribution in [-0.4, -0.2) is 23.7 Å². The minimum absolute atomic E-state index is 0.256. The van der Waals surface area contributed by atoms with E-state index in [1.807, 2.05) is 0 Å². The van der Waals surface area contributed by atoms with E-state index in [-0.39, 0.29) is 11.4 Å². The Balaban J connectivity index is 2.05. The van der Waals surface area contributed by atoms with E-state index in [4.69, 9.17) is 4.74 Å². The lowest BCUT2D eigenvalue weighted by Gasteiger charge is -2.32. The van der Waals surface area contributed by atoms with E-state index < -0.39 is 17.8 Å². The van der Waals surface area contributed by atoms with Crippen LogP contribution in [0, 0.1) is 17.3 Å². The van der Waals surface area contributed by atoms with Gasteiger partial charge < -0.3 is 9.84 Å². The molecule has 0 aromatic rings. The lowest BCUT2D eigenvalue weighted by Crippen LogP contribution is -2.37. The van der Waals surface area contributed by atoms with E-state index in [9.17, 15) is 14.7 Å². The third-order valence-corrected chi connectivity index (χ3v) is 3.99. The molecule has 2 saturated carbocycles. The summed E-state index contributed by atoms with van der Waals surface area (Å²) in [6.45, 7) is 2.08. The largest absolute Gasteiger partial charge is 0.481 e. The van der Waals surface area contributed by atoms with Crippen molar-refractivity contribution >= 4 is 11.9 Å². The van der Waals surface area contributed by atoms with Gasteiger partial charge in [-0.3, -0.25) is 9.59 Å². The lowest BCUT2D eigenvalue weighted by atomic mass is 9.72. The Morgan fingerprint density at radius 1 is 1.31 bits per heavy atom. The average Bonchev–Trinajstić information content (AvgIpc) is 2.98. The first-order chi connectivity index (χ1) is 7.58. The molecule has 1 N–H and O–H groups in total. The molecule has 0 amide bonds. The SMILES string of the molecule is CCOC(=O)C1CCC2(CC2)CC1C(=O)O. The number of rotatable bonds is 3. The minimum atomic E-state index is -0.843. The molecule has 1 spiro atoms. The molecule has 2 atom stereocenters. The van der Waals surface area contributed by atoms with E-state index >= 15 is 0 Å². The summed E-state index contributed by atoms with van der Waals surface area (Å²) in [6, 6.07) is 0. The standard InChI is InChI=1S/C12H18O4/c1-2-16-11(15)8-3-4-12(5-6-12)7-9(8)10(13)14/h8-9H,2-7H2,1H3,(H,13,14). The number of aliphatic carboxylic acids is 1. The Morgan fingerprint density at radius 2 is 2.00 bits per heavy atom. The summed E-state index contributed by atoms with van der Waals surface area (Å²) >= 11 is 0. The van der Waals surface area contributed by atoms with Gasteiger partial charge in [0.2, 0.25) is 0 Å². The van der Waals surface area contributed by atoms with E-state index in [0.29, 0.717) is 19.4 Å². The van der Waals surface area contributed by atoms with Crippen molar-refractivity contribution in [2.24, 2.45) is 17.3 Å². The number of carbonyl (C=O) groups excluding carboxylic acids is 1. The highest BCUT2D eigenvalue weighted by Gasteiger charge is 2.52. The van der Waals surface area contributed by atoms with Crippen molar-refractivity contribution in [1.29, 1.82) is 0 Å². The van der Waals surface area contributed by atoms with Crippen molar-refractivity contribution < 1.29 is 19.4 Å². The molecule has 4 nitrogen and oxygen atoms in total. The molecule has 0 aliphatic heterocycles. The van der Waals surface area contributed by atoms with Gasteiger partial charge in [0.15, 0.2) is 0 Å². The Hall–Kier alpha value is -1.06. The van der Waals surface area contributed by atoms with Crippen LogP contribution in [0.4, 0.5) is 0 Å². The molecule has 16 heavy (non-hydrogen) atoms. The summed E-state index contributed by atoms with van der Waals surface area (Å²) < 4.78 is 4.95. The molecule has 0 heterocycles. The summed E-state index contributed by atoms with van der Waals surface area (Å²) in [5.41, 5.74) is 0.256. The number of carboxylic acid groups (broad SMARTS) is 1. The molecular formula is C12H18O4. The van der Waals surface area contributed by atoms with Crippen LogP contribution < -0.4 is 0 Å². The molecular weight excluding hydrogens is 208 g/mol. The second-order valence-electron chi connectivity index (χ2n) is 5.05. The summed E-state index contributed by atoms with van der Waals surface area (Å²) in [6.07, 6.45) is 4.58. The van der Waals surface area contributed by atoms with Crippen LogP contribution in [0.5, 0.6) is 0 Å². The van der Waals surface area contributed by atoms with Crippen LogP contribution >= 0.6 is 0 Å². The maximum absolute atomic E-state index is 11.7. The number of hydrogen-bond acceptors (Lipinski definition) is 3. The fourth-order valence-corrected chi connectivity index (χ4v) is 2.80. The summed E-state index contributed by atoms with van der Waals surface area (Å²) in [5, 5.41) is 9.18. The molecule has 2 fully saturated rings.